The van der Waals surface area contributed by atoms with Crippen molar-refractivity contribution in [2.45, 2.75) is 17.9 Å². The molecule has 1 heterocycles. The van der Waals surface area contributed by atoms with Crippen LogP contribution in [-0.2, 0) is 10.0 Å². The molecule has 1 fully saturated rings. The number of β-amino-alcohol motifs (C(OH)–C–C–N with tert-alkyl or cyclic N) is 1. The predicted octanol–water partition coefficient (Wildman–Crippen LogP) is 2.13. The summed E-state index contributed by atoms with van der Waals surface area (Å²) in [6.07, 6.45) is -0.569. The molecule has 7 heteroatoms. The van der Waals surface area contributed by atoms with Crippen LogP contribution in [0, 0.1) is 0 Å². The number of aliphatic hydroxyl groups is 1. The topological polar surface area (TPSA) is 70.1 Å². The van der Waals surface area contributed by atoms with Gasteiger partial charge in [0.2, 0.25) is 10.0 Å². The van der Waals surface area contributed by atoms with Gasteiger partial charge >= 0.3 is 0 Å². The number of sulfonamides is 1. The van der Waals surface area contributed by atoms with Gasteiger partial charge in [-0.05, 0) is 36.8 Å². The lowest BCUT2D eigenvalue weighted by molar-refractivity contribution is 0.0921. The Hall–Kier alpha value is -1.93. The number of hydrogen-bond donors (Lipinski definition) is 1. The van der Waals surface area contributed by atoms with Gasteiger partial charge in [0.1, 0.15) is 5.75 Å². The molecule has 0 aromatic heterocycles. The first-order chi connectivity index (χ1) is 13.0. The van der Waals surface area contributed by atoms with E-state index in [1.54, 1.807) is 24.3 Å². The zero-order valence-corrected chi connectivity index (χ0v) is 16.3. The molecule has 0 amide bonds. The summed E-state index contributed by atoms with van der Waals surface area (Å²) < 4.78 is 32.5. The molecule has 0 bridgehead atoms. The van der Waals surface area contributed by atoms with Gasteiger partial charge in [-0.25, -0.2) is 8.42 Å². The van der Waals surface area contributed by atoms with E-state index in [2.05, 4.69) is 4.90 Å². The fraction of sp³-hybridized carbons (Fsp3) is 0.400. The molecule has 2 aromatic carbocycles. The zero-order chi connectivity index (χ0) is 19.3. The lowest BCUT2D eigenvalue weighted by Gasteiger charge is -2.35. The van der Waals surface area contributed by atoms with Crippen LogP contribution < -0.4 is 4.74 Å². The molecule has 0 aliphatic carbocycles. The molecule has 1 saturated heterocycles. The van der Waals surface area contributed by atoms with E-state index in [1.807, 2.05) is 37.3 Å². The monoisotopic (exact) mass is 390 g/mol. The Labute approximate surface area is 161 Å². The molecular formula is C20H26N2O4S. The third kappa shape index (κ3) is 4.87. The van der Waals surface area contributed by atoms with E-state index in [0.717, 1.165) is 5.56 Å². The van der Waals surface area contributed by atoms with Gasteiger partial charge < -0.3 is 9.84 Å². The van der Waals surface area contributed by atoms with Crippen LogP contribution in [0.2, 0.25) is 0 Å². The lowest BCUT2D eigenvalue weighted by Crippen LogP contribution is -2.49. The van der Waals surface area contributed by atoms with Crippen LogP contribution in [-0.4, -0.2) is 62.1 Å². The quantitative estimate of drug-likeness (QED) is 0.784. The smallest absolute Gasteiger partial charge is 0.243 e. The molecule has 146 valence electrons. The summed E-state index contributed by atoms with van der Waals surface area (Å²) in [6.45, 7) is 4.96. The number of ether oxygens (including phenoxy) is 1. The van der Waals surface area contributed by atoms with Gasteiger partial charge in [-0.15, -0.1) is 0 Å². The first kappa shape index (κ1) is 19.8. The average Bonchev–Trinajstić information content (AvgIpc) is 2.70. The highest BCUT2D eigenvalue weighted by Crippen LogP contribution is 2.22. The summed E-state index contributed by atoms with van der Waals surface area (Å²) in [4.78, 5) is 2.38. The highest BCUT2D eigenvalue weighted by atomic mass is 32.2. The molecule has 0 saturated carbocycles. The van der Waals surface area contributed by atoms with Crippen molar-refractivity contribution in [3.8, 4) is 5.75 Å². The minimum atomic E-state index is -3.51. The molecule has 6 nitrogen and oxygen atoms in total. The Morgan fingerprint density at radius 3 is 2.22 bits per heavy atom. The third-order valence-corrected chi connectivity index (χ3v) is 6.63. The first-order valence-corrected chi connectivity index (χ1v) is 10.6. The van der Waals surface area contributed by atoms with Gasteiger partial charge in [0.25, 0.3) is 0 Å². The Balaban J connectivity index is 1.57. The van der Waals surface area contributed by atoms with Crippen molar-refractivity contribution < 1.29 is 18.3 Å². The highest BCUT2D eigenvalue weighted by molar-refractivity contribution is 7.89. The van der Waals surface area contributed by atoms with Crippen molar-refractivity contribution in [3.63, 3.8) is 0 Å². The van der Waals surface area contributed by atoms with E-state index in [9.17, 15) is 13.5 Å². The number of nitrogens with zero attached hydrogens (tertiary/aromatic N) is 2. The molecule has 3 rings (SSSR count). The van der Waals surface area contributed by atoms with E-state index in [-0.39, 0.29) is 4.90 Å². The summed E-state index contributed by atoms with van der Waals surface area (Å²) in [5.74, 6) is 0.663. The summed E-state index contributed by atoms with van der Waals surface area (Å²) in [7, 11) is -3.51. The van der Waals surface area contributed by atoms with Crippen LogP contribution in [0.3, 0.4) is 0 Å². The molecule has 2 aromatic rings. The first-order valence-electron chi connectivity index (χ1n) is 9.19. The number of aliphatic hydroxyl groups excluding tert-OH is 1. The molecule has 0 spiro atoms. The van der Waals surface area contributed by atoms with E-state index in [0.29, 0.717) is 45.1 Å². The standard InChI is InChI=1S/C20H26N2O4S/c1-2-26-18-8-10-19(11-9-18)27(24,25)22-14-12-21(13-15-22)16-20(23)17-6-4-3-5-7-17/h3-11,20,23H,2,12-16H2,1H3. The van der Waals surface area contributed by atoms with Gasteiger partial charge in [0, 0.05) is 32.7 Å². The maximum atomic E-state index is 12.8. The van der Waals surface area contributed by atoms with Crippen LogP contribution in [0.15, 0.2) is 59.5 Å². The van der Waals surface area contributed by atoms with E-state index in [1.165, 1.54) is 4.31 Å². The summed E-state index contributed by atoms with van der Waals surface area (Å²) in [5, 5.41) is 10.4. The highest BCUT2D eigenvalue weighted by Gasteiger charge is 2.29. The number of benzene rings is 2. The molecule has 1 unspecified atom stereocenters. The number of hydrogen-bond acceptors (Lipinski definition) is 5. The Bertz CT molecular complexity index is 817. The third-order valence-electron chi connectivity index (χ3n) is 4.72. The maximum absolute atomic E-state index is 12.8. The van der Waals surface area contributed by atoms with Crippen molar-refractivity contribution in [1.82, 2.24) is 9.21 Å². The van der Waals surface area contributed by atoms with Crippen molar-refractivity contribution in [2.24, 2.45) is 0 Å². The zero-order valence-electron chi connectivity index (χ0n) is 15.5. The fourth-order valence-electron chi connectivity index (χ4n) is 3.20. The predicted molar refractivity (Wildman–Crippen MR) is 104 cm³/mol. The van der Waals surface area contributed by atoms with E-state index < -0.39 is 16.1 Å². The van der Waals surface area contributed by atoms with Crippen molar-refractivity contribution >= 4 is 10.0 Å². The van der Waals surface area contributed by atoms with Gasteiger partial charge in [-0.1, -0.05) is 30.3 Å². The van der Waals surface area contributed by atoms with Crippen LogP contribution in [0.4, 0.5) is 0 Å². The SMILES string of the molecule is CCOc1ccc(S(=O)(=O)N2CCN(CC(O)c3ccccc3)CC2)cc1. The second-order valence-electron chi connectivity index (χ2n) is 6.54. The molecule has 1 aliphatic rings. The fourth-order valence-corrected chi connectivity index (χ4v) is 4.62. The molecule has 1 atom stereocenters. The molecular weight excluding hydrogens is 364 g/mol. The van der Waals surface area contributed by atoms with Crippen molar-refractivity contribution in [1.29, 1.82) is 0 Å². The van der Waals surface area contributed by atoms with Crippen LogP contribution in [0.5, 0.6) is 5.75 Å². The van der Waals surface area contributed by atoms with Gasteiger partial charge in [-0.2, -0.15) is 4.31 Å². The number of rotatable bonds is 7. The van der Waals surface area contributed by atoms with E-state index in [4.69, 9.17) is 4.74 Å². The van der Waals surface area contributed by atoms with Crippen LogP contribution >= 0.6 is 0 Å². The summed E-state index contributed by atoms with van der Waals surface area (Å²) >= 11 is 0. The van der Waals surface area contributed by atoms with E-state index >= 15 is 0 Å². The Morgan fingerprint density at radius 1 is 1.00 bits per heavy atom. The molecule has 1 aliphatic heterocycles. The average molecular weight is 391 g/mol. The summed E-state index contributed by atoms with van der Waals surface area (Å²) in [6, 6.07) is 16.1. The second kappa shape index (κ2) is 8.84. The minimum absolute atomic E-state index is 0.281. The molecule has 27 heavy (non-hydrogen) atoms. The number of piperazine rings is 1. The van der Waals surface area contributed by atoms with Gasteiger partial charge in [0.05, 0.1) is 17.6 Å². The summed E-state index contributed by atoms with van der Waals surface area (Å²) in [5.41, 5.74) is 0.877. The van der Waals surface area contributed by atoms with Gasteiger partial charge in [0.15, 0.2) is 0 Å². The second-order valence-corrected chi connectivity index (χ2v) is 8.47. The van der Waals surface area contributed by atoms with Gasteiger partial charge in [-0.3, -0.25) is 4.90 Å². The van der Waals surface area contributed by atoms with Crippen LogP contribution in [0.25, 0.3) is 0 Å². The normalized spacial score (nSPS) is 17.6. The Kier molecular flexibility index (Phi) is 6.49. The molecule has 0 radical (unpaired) electrons. The molecule has 1 N–H and O–H groups in total. The lowest BCUT2D eigenvalue weighted by atomic mass is 10.1. The largest absolute Gasteiger partial charge is 0.494 e. The Morgan fingerprint density at radius 2 is 1.63 bits per heavy atom. The van der Waals surface area contributed by atoms with Crippen LogP contribution in [0.1, 0.15) is 18.6 Å². The maximum Gasteiger partial charge on any atom is 0.243 e. The minimum Gasteiger partial charge on any atom is -0.494 e. The van der Waals surface area contributed by atoms with Crippen molar-refractivity contribution in [3.05, 3.63) is 60.2 Å². The van der Waals surface area contributed by atoms with Crippen molar-refractivity contribution in [2.75, 3.05) is 39.3 Å².